The average Bonchev–Trinajstić information content (AvgIpc) is 3.12. The molecular weight excluding hydrogens is 272 g/mol. The number of carbonyl (C=O) groups excluding carboxylic acids is 1. The molecular formula is C14H20N4O3. The number of hydrogen-bond acceptors (Lipinski definition) is 4. The zero-order valence-corrected chi connectivity index (χ0v) is 12.0. The molecule has 2 N–H and O–H groups in total. The molecule has 0 fully saturated rings. The number of rotatable bonds is 8. The van der Waals surface area contributed by atoms with Crippen molar-refractivity contribution in [1.29, 1.82) is 0 Å². The third-order valence-electron chi connectivity index (χ3n) is 2.79. The molecule has 0 aliphatic carbocycles. The average molecular weight is 292 g/mol. The normalized spacial score (nSPS) is 10.5. The second-order valence-electron chi connectivity index (χ2n) is 4.62. The molecule has 7 nitrogen and oxygen atoms in total. The van der Waals surface area contributed by atoms with Crippen molar-refractivity contribution in [3.8, 4) is 0 Å². The number of aryl methyl sites for hydroxylation is 1. The van der Waals surface area contributed by atoms with Crippen molar-refractivity contribution in [2.75, 3.05) is 13.2 Å². The molecule has 0 aliphatic heterocycles. The van der Waals surface area contributed by atoms with Crippen LogP contribution in [0.5, 0.6) is 0 Å². The molecule has 0 atom stereocenters. The van der Waals surface area contributed by atoms with Gasteiger partial charge in [-0.25, -0.2) is 4.79 Å². The molecule has 0 aliphatic rings. The van der Waals surface area contributed by atoms with Crippen LogP contribution in [0.25, 0.3) is 0 Å². The number of furan rings is 1. The van der Waals surface area contributed by atoms with Gasteiger partial charge in [0.1, 0.15) is 12.4 Å². The van der Waals surface area contributed by atoms with Crippen LogP contribution in [0.15, 0.2) is 35.2 Å². The first-order valence-corrected chi connectivity index (χ1v) is 6.83. The Bertz CT molecular complexity index is 536. The first-order chi connectivity index (χ1) is 10.2. The van der Waals surface area contributed by atoms with Crippen molar-refractivity contribution >= 4 is 6.03 Å². The van der Waals surface area contributed by atoms with Crippen LogP contribution in [0.4, 0.5) is 4.79 Å². The van der Waals surface area contributed by atoms with E-state index in [0.717, 1.165) is 17.7 Å². The first kappa shape index (κ1) is 15.1. The van der Waals surface area contributed by atoms with E-state index in [-0.39, 0.29) is 6.03 Å². The summed E-state index contributed by atoms with van der Waals surface area (Å²) >= 11 is 0. The Kier molecular flexibility index (Phi) is 5.83. The van der Waals surface area contributed by atoms with Crippen LogP contribution in [-0.4, -0.2) is 29.0 Å². The molecule has 0 bridgehead atoms. The molecule has 0 spiro atoms. The predicted molar refractivity (Wildman–Crippen MR) is 76.4 cm³/mol. The van der Waals surface area contributed by atoms with Gasteiger partial charge >= 0.3 is 6.03 Å². The third kappa shape index (κ3) is 5.70. The van der Waals surface area contributed by atoms with Gasteiger partial charge in [-0.2, -0.15) is 5.10 Å². The molecule has 0 saturated carbocycles. The summed E-state index contributed by atoms with van der Waals surface area (Å²) < 4.78 is 12.3. The highest BCUT2D eigenvalue weighted by atomic mass is 16.5. The SMILES string of the molecule is Cn1cc(CNC(=O)NCCCOCc2ccco2)cn1. The summed E-state index contributed by atoms with van der Waals surface area (Å²) in [5.41, 5.74) is 0.967. The monoisotopic (exact) mass is 292 g/mol. The summed E-state index contributed by atoms with van der Waals surface area (Å²) in [5.74, 6) is 0.803. The summed E-state index contributed by atoms with van der Waals surface area (Å²) in [7, 11) is 1.84. The lowest BCUT2D eigenvalue weighted by atomic mass is 10.4. The number of aromatic nitrogens is 2. The van der Waals surface area contributed by atoms with Crippen LogP contribution in [-0.2, 0) is 24.9 Å². The van der Waals surface area contributed by atoms with Crippen LogP contribution < -0.4 is 10.6 Å². The van der Waals surface area contributed by atoms with Gasteiger partial charge in [0, 0.05) is 38.5 Å². The zero-order chi connectivity index (χ0) is 14.9. The van der Waals surface area contributed by atoms with Crippen LogP contribution in [0.2, 0.25) is 0 Å². The van der Waals surface area contributed by atoms with E-state index in [1.54, 1.807) is 17.1 Å². The fourth-order valence-electron chi connectivity index (χ4n) is 1.75. The highest BCUT2D eigenvalue weighted by molar-refractivity contribution is 5.73. The Morgan fingerprint density at radius 2 is 2.38 bits per heavy atom. The Morgan fingerprint density at radius 1 is 1.48 bits per heavy atom. The van der Waals surface area contributed by atoms with Gasteiger partial charge in [-0.15, -0.1) is 0 Å². The molecule has 2 aromatic rings. The maximum Gasteiger partial charge on any atom is 0.315 e. The minimum atomic E-state index is -0.190. The molecule has 0 saturated heterocycles. The van der Waals surface area contributed by atoms with Crippen molar-refractivity contribution in [2.24, 2.45) is 7.05 Å². The first-order valence-electron chi connectivity index (χ1n) is 6.83. The lowest BCUT2D eigenvalue weighted by molar-refractivity contribution is 0.104. The Labute approximate surface area is 123 Å². The lowest BCUT2D eigenvalue weighted by Crippen LogP contribution is -2.35. The maximum absolute atomic E-state index is 11.5. The molecule has 0 radical (unpaired) electrons. The number of ether oxygens (including phenoxy) is 1. The maximum atomic E-state index is 11.5. The van der Waals surface area contributed by atoms with Gasteiger partial charge < -0.3 is 19.8 Å². The molecule has 0 aromatic carbocycles. The molecule has 2 heterocycles. The largest absolute Gasteiger partial charge is 0.467 e. The van der Waals surface area contributed by atoms with Gasteiger partial charge in [0.2, 0.25) is 0 Å². The fraction of sp³-hybridized carbons (Fsp3) is 0.429. The Hall–Kier alpha value is -2.28. The third-order valence-corrected chi connectivity index (χ3v) is 2.79. The van der Waals surface area contributed by atoms with E-state index < -0.39 is 0 Å². The van der Waals surface area contributed by atoms with Crippen molar-refractivity contribution in [3.63, 3.8) is 0 Å². The van der Waals surface area contributed by atoms with Gasteiger partial charge in [-0.1, -0.05) is 0 Å². The summed E-state index contributed by atoms with van der Waals surface area (Å²) in [6.07, 6.45) is 5.96. The molecule has 2 aromatic heterocycles. The van der Waals surface area contributed by atoms with E-state index in [4.69, 9.17) is 9.15 Å². The van der Waals surface area contributed by atoms with E-state index >= 15 is 0 Å². The Morgan fingerprint density at radius 3 is 3.10 bits per heavy atom. The molecule has 2 rings (SSSR count). The smallest absolute Gasteiger partial charge is 0.315 e. The number of nitrogens with one attached hydrogen (secondary N) is 2. The molecule has 2 amide bonds. The minimum absolute atomic E-state index is 0.190. The van der Waals surface area contributed by atoms with Gasteiger partial charge in [0.05, 0.1) is 12.5 Å². The van der Waals surface area contributed by atoms with Crippen LogP contribution >= 0.6 is 0 Å². The van der Waals surface area contributed by atoms with Crippen LogP contribution in [0.3, 0.4) is 0 Å². The van der Waals surface area contributed by atoms with Gasteiger partial charge in [0.15, 0.2) is 0 Å². The van der Waals surface area contributed by atoms with Crippen molar-refractivity contribution in [3.05, 3.63) is 42.1 Å². The summed E-state index contributed by atoms with van der Waals surface area (Å²) in [4.78, 5) is 11.5. The second kappa shape index (κ2) is 8.11. The summed E-state index contributed by atoms with van der Waals surface area (Å²) in [5, 5.41) is 9.57. The van der Waals surface area contributed by atoms with E-state index in [9.17, 15) is 4.79 Å². The summed E-state index contributed by atoms with van der Waals surface area (Å²) in [6, 6.07) is 3.50. The summed E-state index contributed by atoms with van der Waals surface area (Å²) in [6.45, 7) is 2.06. The van der Waals surface area contributed by atoms with Crippen LogP contribution in [0, 0.1) is 0 Å². The number of nitrogens with zero attached hydrogens (tertiary/aromatic N) is 2. The van der Waals surface area contributed by atoms with Crippen molar-refractivity contribution in [2.45, 2.75) is 19.6 Å². The van der Waals surface area contributed by atoms with E-state index in [2.05, 4.69) is 15.7 Å². The fourth-order valence-corrected chi connectivity index (χ4v) is 1.75. The molecule has 0 unspecified atom stereocenters. The molecule has 114 valence electrons. The number of carbonyl (C=O) groups is 1. The minimum Gasteiger partial charge on any atom is -0.467 e. The van der Waals surface area contributed by atoms with Gasteiger partial charge in [0.25, 0.3) is 0 Å². The standard InChI is InChI=1S/C14H20N4O3/c1-18-10-12(9-17-18)8-16-14(19)15-5-3-6-20-11-13-4-2-7-21-13/h2,4,7,9-10H,3,5-6,8,11H2,1H3,(H2,15,16,19). The van der Waals surface area contributed by atoms with E-state index in [0.29, 0.717) is 26.3 Å². The van der Waals surface area contributed by atoms with Crippen LogP contribution in [0.1, 0.15) is 17.7 Å². The zero-order valence-electron chi connectivity index (χ0n) is 12.0. The topological polar surface area (TPSA) is 81.3 Å². The molecule has 21 heavy (non-hydrogen) atoms. The Balaban J connectivity index is 1.47. The van der Waals surface area contributed by atoms with Crippen molar-refractivity contribution < 1.29 is 13.9 Å². The highest BCUT2D eigenvalue weighted by Gasteiger charge is 2.01. The number of amides is 2. The van der Waals surface area contributed by atoms with E-state index in [1.807, 2.05) is 25.4 Å². The van der Waals surface area contributed by atoms with Crippen molar-refractivity contribution in [1.82, 2.24) is 20.4 Å². The highest BCUT2D eigenvalue weighted by Crippen LogP contribution is 2.01. The predicted octanol–water partition coefficient (Wildman–Crippen LogP) is 1.42. The number of hydrogen-bond donors (Lipinski definition) is 2. The number of urea groups is 1. The second-order valence-corrected chi connectivity index (χ2v) is 4.62. The lowest BCUT2D eigenvalue weighted by Gasteiger charge is -2.06. The van der Waals surface area contributed by atoms with Gasteiger partial charge in [-0.3, -0.25) is 4.68 Å². The van der Waals surface area contributed by atoms with E-state index in [1.165, 1.54) is 0 Å². The molecule has 7 heteroatoms. The quantitative estimate of drug-likeness (QED) is 0.721. The van der Waals surface area contributed by atoms with Gasteiger partial charge in [-0.05, 0) is 18.6 Å².